The molecule has 0 radical (unpaired) electrons. The molecule has 0 amide bonds. The number of hydrogen-bond acceptors (Lipinski definition) is 5. The molecule has 100 valence electrons. The van der Waals surface area contributed by atoms with Crippen molar-refractivity contribution < 1.29 is 9.84 Å². The van der Waals surface area contributed by atoms with Crippen LogP contribution in [-0.2, 0) is 4.74 Å². The molecule has 0 bridgehead atoms. The van der Waals surface area contributed by atoms with Crippen molar-refractivity contribution in [1.82, 2.24) is 10.2 Å². The van der Waals surface area contributed by atoms with Gasteiger partial charge >= 0.3 is 0 Å². The van der Waals surface area contributed by atoms with Gasteiger partial charge in [-0.25, -0.2) is 5.10 Å². The van der Waals surface area contributed by atoms with Gasteiger partial charge in [0.1, 0.15) is 5.02 Å². The van der Waals surface area contributed by atoms with Crippen molar-refractivity contribution in [1.29, 1.82) is 0 Å². The minimum Gasteiger partial charge on any atom is -0.389 e. The number of hydrogen-bond donors (Lipinski definition) is 3. The lowest BCUT2D eigenvalue weighted by molar-refractivity contribution is 0.0386. The summed E-state index contributed by atoms with van der Waals surface area (Å²) in [7, 11) is 0. The van der Waals surface area contributed by atoms with Crippen LogP contribution in [0.4, 0.5) is 5.69 Å². The molecule has 0 aromatic carbocycles. The summed E-state index contributed by atoms with van der Waals surface area (Å²) in [5.74, 6) is 0.677. The predicted octanol–water partition coefficient (Wildman–Crippen LogP) is 0.623. The summed E-state index contributed by atoms with van der Waals surface area (Å²) in [6.07, 6.45) is 3.21. The average molecular weight is 274 g/mol. The molecule has 0 spiro atoms. The van der Waals surface area contributed by atoms with Crippen LogP contribution in [0.3, 0.4) is 0 Å². The highest BCUT2D eigenvalue weighted by atomic mass is 35.5. The maximum atomic E-state index is 11.2. The van der Waals surface area contributed by atoms with E-state index < -0.39 is 11.7 Å². The molecule has 1 heterocycles. The highest BCUT2D eigenvalue weighted by Crippen LogP contribution is 2.28. The number of aliphatic hydroxyl groups is 1. The van der Waals surface area contributed by atoms with Gasteiger partial charge in [-0.3, -0.25) is 4.79 Å². The molecule has 0 saturated heterocycles. The zero-order valence-corrected chi connectivity index (χ0v) is 10.6. The Morgan fingerprint density at radius 2 is 2.44 bits per heavy atom. The van der Waals surface area contributed by atoms with Crippen molar-refractivity contribution in [3.8, 4) is 0 Å². The quantitative estimate of drug-likeness (QED) is 0.678. The van der Waals surface area contributed by atoms with Crippen LogP contribution in [0.15, 0.2) is 11.0 Å². The van der Waals surface area contributed by atoms with E-state index in [1.54, 1.807) is 0 Å². The van der Waals surface area contributed by atoms with Crippen molar-refractivity contribution in [2.24, 2.45) is 5.92 Å². The van der Waals surface area contributed by atoms with Gasteiger partial charge in [0.2, 0.25) is 0 Å². The third-order valence-electron chi connectivity index (χ3n) is 2.68. The molecular formula is C11H16ClN3O3. The Hall–Kier alpha value is -1.11. The minimum absolute atomic E-state index is 0.0381. The minimum atomic E-state index is -0.640. The molecule has 1 aromatic heterocycles. The second-order valence-corrected chi connectivity index (χ2v) is 4.82. The van der Waals surface area contributed by atoms with E-state index in [4.69, 9.17) is 16.3 Å². The zero-order chi connectivity index (χ0) is 13.0. The summed E-state index contributed by atoms with van der Waals surface area (Å²) in [6, 6.07) is 0. The first kappa shape index (κ1) is 13.3. The smallest absolute Gasteiger partial charge is 0.285 e. The van der Waals surface area contributed by atoms with Crippen molar-refractivity contribution in [3.63, 3.8) is 0 Å². The molecule has 3 N–H and O–H groups in total. The summed E-state index contributed by atoms with van der Waals surface area (Å²) in [5, 5.41) is 18.4. The van der Waals surface area contributed by atoms with Crippen LogP contribution in [-0.4, -0.2) is 41.2 Å². The van der Waals surface area contributed by atoms with Crippen LogP contribution in [0.25, 0.3) is 0 Å². The van der Waals surface area contributed by atoms with Gasteiger partial charge in [-0.1, -0.05) is 11.6 Å². The molecule has 1 aromatic rings. The summed E-state index contributed by atoms with van der Waals surface area (Å²) in [6.45, 7) is 1.25. The second kappa shape index (κ2) is 6.17. The first-order valence-electron chi connectivity index (χ1n) is 5.89. The maximum Gasteiger partial charge on any atom is 0.285 e. The first-order valence-corrected chi connectivity index (χ1v) is 6.27. The van der Waals surface area contributed by atoms with Gasteiger partial charge in [0.15, 0.2) is 0 Å². The van der Waals surface area contributed by atoms with E-state index in [9.17, 15) is 9.90 Å². The van der Waals surface area contributed by atoms with Crippen LogP contribution in [0, 0.1) is 5.92 Å². The van der Waals surface area contributed by atoms with Gasteiger partial charge in [0.25, 0.3) is 5.56 Å². The van der Waals surface area contributed by atoms with E-state index in [1.807, 2.05) is 0 Å². The van der Waals surface area contributed by atoms with E-state index in [-0.39, 0.29) is 18.2 Å². The van der Waals surface area contributed by atoms with Gasteiger partial charge in [-0.05, 0) is 18.8 Å². The number of aromatic amines is 1. The summed E-state index contributed by atoms with van der Waals surface area (Å²) >= 11 is 5.77. The Morgan fingerprint density at radius 3 is 3.17 bits per heavy atom. The highest BCUT2D eigenvalue weighted by Gasteiger charge is 2.21. The Bertz CT molecular complexity index is 447. The van der Waals surface area contributed by atoms with Gasteiger partial charge in [0.05, 0.1) is 24.6 Å². The number of ether oxygens (including phenoxy) is 1. The fourth-order valence-electron chi connectivity index (χ4n) is 1.45. The van der Waals surface area contributed by atoms with Crippen LogP contribution < -0.4 is 10.9 Å². The Balaban J connectivity index is 1.72. The average Bonchev–Trinajstić information content (AvgIpc) is 3.15. The van der Waals surface area contributed by atoms with E-state index in [0.29, 0.717) is 18.2 Å². The molecule has 1 saturated carbocycles. The topological polar surface area (TPSA) is 87.2 Å². The van der Waals surface area contributed by atoms with Crippen molar-refractivity contribution in [2.45, 2.75) is 18.9 Å². The Kier molecular flexibility index (Phi) is 4.57. The van der Waals surface area contributed by atoms with Gasteiger partial charge in [-0.15, -0.1) is 0 Å². The van der Waals surface area contributed by atoms with Gasteiger partial charge in [-0.2, -0.15) is 5.10 Å². The van der Waals surface area contributed by atoms with E-state index in [1.165, 1.54) is 19.0 Å². The van der Waals surface area contributed by atoms with E-state index >= 15 is 0 Å². The molecule has 0 aliphatic heterocycles. The molecule has 1 unspecified atom stereocenters. The fourth-order valence-corrected chi connectivity index (χ4v) is 1.61. The normalized spacial score (nSPS) is 16.6. The third-order valence-corrected chi connectivity index (χ3v) is 3.06. The molecule has 1 aliphatic rings. The molecule has 6 nitrogen and oxygen atoms in total. The third kappa shape index (κ3) is 3.97. The molecule has 1 fully saturated rings. The van der Waals surface area contributed by atoms with Crippen LogP contribution in [0.1, 0.15) is 12.8 Å². The predicted molar refractivity (Wildman–Crippen MR) is 67.9 cm³/mol. The van der Waals surface area contributed by atoms with Crippen LogP contribution in [0.2, 0.25) is 5.02 Å². The SMILES string of the molecule is O=c1[nH]ncc(NCC(O)COCC2CC2)c1Cl. The summed E-state index contributed by atoms with van der Waals surface area (Å²) < 4.78 is 5.36. The number of nitrogens with one attached hydrogen (secondary N) is 2. The Labute approximate surface area is 109 Å². The van der Waals surface area contributed by atoms with Crippen LogP contribution in [0.5, 0.6) is 0 Å². The first-order chi connectivity index (χ1) is 8.66. The number of aromatic nitrogens is 2. The van der Waals surface area contributed by atoms with Crippen molar-refractivity contribution >= 4 is 17.3 Å². The lowest BCUT2D eigenvalue weighted by Crippen LogP contribution is -2.26. The number of nitrogens with zero attached hydrogens (tertiary/aromatic N) is 1. The lowest BCUT2D eigenvalue weighted by atomic mass is 10.3. The maximum absolute atomic E-state index is 11.2. The van der Waals surface area contributed by atoms with Crippen LogP contribution >= 0.6 is 11.6 Å². The van der Waals surface area contributed by atoms with E-state index in [0.717, 1.165) is 0 Å². The number of H-pyrrole nitrogens is 1. The fraction of sp³-hybridized carbons (Fsp3) is 0.636. The monoisotopic (exact) mass is 273 g/mol. The number of anilines is 1. The summed E-state index contributed by atoms with van der Waals surface area (Å²) in [5.41, 5.74) is -0.0530. The van der Waals surface area contributed by atoms with Gasteiger partial charge < -0.3 is 15.2 Å². The molecular weight excluding hydrogens is 258 g/mol. The highest BCUT2D eigenvalue weighted by molar-refractivity contribution is 6.32. The van der Waals surface area contributed by atoms with Crippen molar-refractivity contribution in [3.05, 3.63) is 21.6 Å². The van der Waals surface area contributed by atoms with Crippen molar-refractivity contribution in [2.75, 3.05) is 25.1 Å². The van der Waals surface area contributed by atoms with Gasteiger partial charge in [0, 0.05) is 13.2 Å². The largest absolute Gasteiger partial charge is 0.389 e. The molecule has 2 rings (SSSR count). The standard InChI is InChI=1S/C11H16ClN3O3/c12-10-9(4-14-15-11(10)17)13-3-8(16)6-18-5-7-1-2-7/h4,7-8,16H,1-3,5-6H2,(H2,13,15,17). The van der Waals surface area contributed by atoms with E-state index in [2.05, 4.69) is 15.5 Å². The lowest BCUT2D eigenvalue weighted by Gasteiger charge is -2.13. The Morgan fingerprint density at radius 1 is 1.67 bits per heavy atom. The molecule has 18 heavy (non-hydrogen) atoms. The summed E-state index contributed by atoms with van der Waals surface area (Å²) in [4.78, 5) is 11.2. The molecule has 1 atom stereocenters. The molecule has 1 aliphatic carbocycles. The molecule has 7 heteroatoms. The number of halogens is 1. The zero-order valence-electron chi connectivity index (χ0n) is 9.86. The number of rotatable bonds is 7. The second-order valence-electron chi connectivity index (χ2n) is 4.44. The number of aliphatic hydroxyl groups excluding tert-OH is 1.